The molecule has 3 nitrogen and oxygen atoms in total. The molecule has 0 saturated carbocycles. The number of rotatable bonds is 3. The third kappa shape index (κ3) is 2.17. The van der Waals surface area contributed by atoms with Gasteiger partial charge in [0.05, 0.1) is 11.5 Å². The molecule has 0 aromatic heterocycles. The zero-order valence-corrected chi connectivity index (χ0v) is 8.80. The van der Waals surface area contributed by atoms with Gasteiger partial charge in [-0.2, -0.15) is 11.8 Å². The zero-order chi connectivity index (χ0) is 10.1. The van der Waals surface area contributed by atoms with Gasteiger partial charge >= 0.3 is 5.97 Å². The van der Waals surface area contributed by atoms with Gasteiger partial charge in [0.2, 0.25) is 0 Å². The summed E-state index contributed by atoms with van der Waals surface area (Å²) in [5.74, 6) is -0.576. The number of hydrogen-bond acceptors (Lipinski definition) is 3. The number of hydrogen-bond donors (Lipinski definition) is 2. The largest absolute Gasteiger partial charge is 0.481 e. The number of aliphatic hydroxyl groups is 1. The molecule has 3 unspecified atom stereocenters. The third-order valence-electron chi connectivity index (χ3n) is 2.83. The first kappa shape index (κ1) is 10.9. The highest BCUT2D eigenvalue weighted by molar-refractivity contribution is 8.00. The summed E-state index contributed by atoms with van der Waals surface area (Å²) in [5.41, 5.74) is -1.08. The average molecular weight is 204 g/mol. The normalized spacial score (nSPS) is 29.6. The Labute approximate surface area is 82.5 Å². The Kier molecular flexibility index (Phi) is 3.24. The van der Waals surface area contributed by atoms with Crippen molar-refractivity contribution >= 4 is 17.7 Å². The van der Waals surface area contributed by atoms with Crippen LogP contribution in [-0.2, 0) is 4.79 Å². The molecular weight excluding hydrogens is 188 g/mol. The minimum Gasteiger partial charge on any atom is -0.481 e. The second kappa shape index (κ2) is 3.88. The molecule has 3 atom stereocenters. The molecular formula is C9H16O3S. The summed E-state index contributed by atoms with van der Waals surface area (Å²) in [6.07, 6.45) is 2.01. The highest BCUT2D eigenvalue weighted by Crippen LogP contribution is 2.38. The molecule has 0 radical (unpaired) electrons. The Morgan fingerprint density at radius 1 is 1.69 bits per heavy atom. The van der Waals surface area contributed by atoms with E-state index in [0.717, 1.165) is 18.6 Å². The van der Waals surface area contributed by atoms with Crippen molar-refractivity contribution < 1.29 is 15.0 Å². The molecule has 0 amide bonds. The van der Waals surface area contributed by atoms with E-state index in [9.17, 15) is 9.90 Å². The van der Waals surface area contributed by atoms with Crippen LogP contribution in [0, 0.1) is 5.92 Å². The van der Waals surface area contributed by atoms with Crippen molar-refractivity contribution in [2.75, 3.05) is 5.75 Å². The van der Waals surface area contributed by atoms with E-state index in [1.807, 2.05) is 0 Å². The van der Waals surface area contributed by atoms with Crippen molar-refractivity contribution in [3.05, 3.63) is 0 Å². The predicted molar refractivity (Wildman–Crippen MR) is 52.9 cm³/mol. The number of aliphatic carboxylic acids is 1. The molecule has 0 spiro atoms. The van der Waals surface area contributed by atoms with Crippen LogP contribution in [0.15, 0.2) is 0 Å². The second-order valence-electron chi connectivity index (χ2n) is 3.79. The summed E-state index contributed by atoms with van der Waals surface area (Å²) >= 11 is 1.68. The highest BCUT2D eigenvalue weighted by atomic mass is 32.2. The number of carbonyl (C=O) groups is 1. The lowest BCUT2D eigenvalue weighted by molar-refractivity contribution is -0.149. The Balaban J connectivity index is 2.67. The van der Waals surface area contributed by atoms with E-state index in [2.05, 4.69) is 0 Å². The van der Waals surface area contributed by atoms with Crippen LogP contribution in [0.3, 0.4) is 0 Å². The Bertz CT molecular complexity index is 197. The maximum Gasteiger partial charge on any atom is 0.309 e. The topological polar surface area (TPSA) is 57.5 Å². The molecule has 13 heavy (non-hydrogen) atoms. The first-order valence-electron chi connectivity index (χ1n) is 4.53. The van der Waals surface area contributed by atoms with E-state index >= 15 is 0 Å². The maximum atomic E-state index is 10.7. The SMILES string of the molecule is CC(C(=O)O)C(C)(O)C1CCCS1. The van der Waals surface area contributed by atoms with Crippen LogP contribution in [0.1, 0.15) is 26.7 Å². The van der Waals surface area contributed by atoms with Crippen molar-refractivity contribution in [1.29, 1.82) is 0 Å². The van der Waals surface area contributed by atoms with Crippen LogP contribution < -0.4 is 0 Å². The van der Waals surface area contributed by atoms with Gasteiger partial charge in [0.1, 0.15) is 0 Å². The van der Waals surface area contributed by atoms with Gasteiger partial charge in [-0.1, -0.05) is 0 Å². The fourth-order valence-corrected chi connectivity index (χ4v) is 3.06. The maximum absolute atomic E-state index is 10.7. The molecule has 1 heterocycles. The molecule has 1 saturated heterocycles. The van der Waals surface area contributed by atoms with Crippen molar-refractivity contribution in [1.82, 2.24) is 0 Å². The first-order chi connectivity index (χ1) is 5.96. The van der Waals surface area contributed by atoms with Gasteiger partial charge in [0.15, 0.2) is 0 Å². The van der Waals surface area contributed by atoms with Crippen molar-refractivity contribution in [2.45, 2.75) is 37.5 Å². The lowest BCUT2D eigenvalue weighted by atomic mass is 9.86. The number of carboxylic acids is 1. The van der Waals surface area contributed by atoms with E-state index in [1.165, 1.54) is 0 Å². The summed E-state index contributed by atoms with van der Waals surface area (Å²) in [6, 6.07) is 0. The van der Waals surface area contributed by atoms with Crippen molar-refractivity contribution in [3.8, 4) is 0 Å². The molecule has 2 N–H and O–H groups in total. The molecule has 0 aromatic rings. The summed E-state index contributed by atoms with van der Waals surface area (Å²) in [5, 5.41) is 18.9. The predicted octanol–water partition coefficient (Wildman–Crippen LogP) is 1.35. The quantitative estimate of drug-likeness (QED) is 0.728. The minimum absolute atomic E-state index is 0.0820. The zero-order valence-electron chi connectivity index (χ0n) is 7.99. The van der Waals surface area contributed by atoms with Crippen molar-refractivity contribution in [2.24, 2.45) is 5.92 Å². The van der Waals surface area contributed by atoms with Crippen LogP contribution in [0.4, 0.5) is 0 Å². The number of thioether (sulfide) groups is 1. The Morgan fingerprint density at radius 2 is 2.31 bits per heavy atom. The minimum atomic E-state index is -1.08. The fraction of sp³-hybridized carbons (Fsp3) is 0.889. The molecule has 1 fully saturated rings. The summed E-state index contributed by atoms with van der Waals surface area (Å²) in [4.78, 5) is 10.7. The average Bonchev–Trinajstić information content (AvgIpc) is 2.54. The van der Waals surface area contributed by atoms with E-state index < -0.39 is 17.5 Å². The molecule has 0 aromatic carbocycles. The molecule has 0 aliphatic carbocycles. The van der Waals surface area contributed by atoms with Crippen LogP contribution in [0.2, 0.25) is 0 Å². The molecule has 0 bridgehead atoms. The standard InChI is InChI=1S/C9H16O3S/c1-6(8(10)11)9(2,12)7-4-3-5-13-7/h6-7,12H,3-5H2,1-2H3,(H,10,11). The number of carboxylic acid groups (broad SMARTS) is 1. The smallest absolute Gasteiger partial charge is 0.309 e. The molecule has 1 aliphatic heterocycles. The highest BCUT2D eigenvalue weighted by Gasteiger charge is 2.42. The van der Waals surface area contributed by atoms with Gasteiger partial charge in [0, 0.05) is 5.25 Å². The van der Waals surface area contributed by atoms with Gasteiger partial charge in [-0.15, -0.1) is 0 Å². The molecule has 4 heteroatoms. The van der Waals surface area contributed by atoms with Crippen LogP contribution in [0.5, 0.6) is 0 Å². The van der Waals surface area contributed by atoms with Gasteiger partial charge < -0.3 is 10.2 Å². The van der Waals surface area contributed by atoms with Gasteiger partial charge in [-0.25, -0.2) is 0 Å². The molecule has 1 rings (SSSR count). The monoisotopic (exact) mass is 204 g/mol. The van der Waals surface area contributed by atoms with Gasteiger partial charge in [0.25, 0.3) is 0 Å². The van der Waals surface area contributed by atoms with Gasteiger partial charge in [-0.3, -0.25) is 4.79 Å². The third-order valence-corrected chi connectivity index (χ3v) is 4.47. The molecule has 1 aliphatic rings. The van der Waals surface area contributed by atoms with E-state index in [0.29, 0.717) is 0 Å². The fourth-order valence-electron chi connectivity index (χ4n) is 1.57. The van der Waals surface area contributed by atoms with E-state index in [-0.39, 0.29) is 5.25 Å². The Morgan fingerprint density at radius 3 is 2.69 bits per heavy atom. The molecule has 76 valence electrons. The summed E-state index contributed by atoms with van der Waals surface area (Å²) in [6.45, 7) is 3.20. The second-order valence-corrected chi connectivity index (χ2v) is 5.10. The van der Waals surface area contributed by atoms with Crippen LogP contribution in [-0.4, -0.2) is 32.8 Å². The van der Waals surface area contributed by atoms with Crippen LogP contribution in [0.25, 0.3) is 0 Å². The first-order valence-corrected chi connectivity index (χ1v) is 5.58. The summed E-state index contributed by atoms with van der Waals surface area (Å²) < 4.78 is 0. The van der Waals surface area contributed by atoms with Gasteiger partial charge in [-0.05, 0) is 32.4 Å². The lowest BCUT2D eigenvalue weighted by Gasteiger charge is -2.32. The van der Waals surface area contributed by atoms with Crippen LogP contribution >= 0.6 is 11.8 Å². The lowest BCUT2D eigenvalue weighted by Crippen LogP contribution is -2.45. The van der Waals surface area contributed by atoms with Crippen molar-refractivity contribution in [3.63, 3.8) is 0 Å². The van der Waals surface area contributed by atoms with E-state index in [4.69, 9.17) is 5.11 Å². The Hall–Kier alpha value is -0.220. The van der Waals surface area contributed by atoms with E-state index in [1.54, 1.807) is 25.6 Å². The summed E-state index contributed by atoms with van der Waals surface area (Å²) in [7, 11) is 0.